The lowest BCUT2D eigenvalue weighted by molar-refractivity contribution is -0.0883. The van der Waals surface area contributed by atoms with E-state index in [0.29, 0.717) is 5.92 Å². The van der Waals surface area contributed by atoms with E-state index in [1.807, 2.05) is 0 Å². The first kappa shape index (κ1) is 18.3. The Balaban J connectivity index is 1.96. The first-order chi connectivity index (χ1) is 10.9. The van der Waals surface area contributed by atoms with Gasteiger partial charge in [-0.1, -0.05) is 59.1 Å². The van der Waals surface area contributed by atoms with Crippen LogP contribution in [0.1, 0.15) is 77.7 Å². The summed E-state index contributed by atoms with van der Waals surface area (Å²) in [6, 6.07) is 8.43. The molecular formula is C21H34O2. The highest BCUT2D eigenvalue weighted by Gasteiger charge is 2.33. The Morgan fingerprint density at radius 1 is 1.04 bits per heavy atom. The van der Waals surface area contributed by atoms with Crippen LogP contribution in [0.4, 0.5) is 0 Å². The van der Waals surface area contributed by atoms with Gasteiger partial charge in [-0.2, -0.15) is 0 Å². The van der Waals surface area contributed by atoms with Gasteiger partial charge in [0.25, 0.3) is 0 Å². The van der Waals surface area contributed by atoms with Crippen LogP contribution in [-0.4, -0.2) is 13.4 Å². The monoisotopic (exact) mass is 318 g/mol. The maximum absolute atomic E-state index is 6.10. The summed E-state index contributed by atoms with van der Waals surface area (Å²) in [6.45, 7) is 9.17. The first-order valence-corrected chi connectivity index (χ1v) is 9.22. The highest BCUT2D eigenvalue weighted by molar-refractivity contribution is 5.28. The van der Waals surface area contributed by atoms with E-state index in [2.05, 4.69) is 52.0 Å². The summed E-state index contributed by atoms with van der Waals surface area (Å²) in [5.41, 5.74) is 1.60. The van der Waals surface area contributed by atoms with E-state index in [-0.39, 0.29) is 11.7 Å². The number of hydrogen-bond donors (Lipinski definition) is 0. The number of benzene rings is 1. The fraction of sp³-hybridized carbons (Fsp3) is 0.714. The highest BCUT2D eigenvalue weighted by Crippen LogP contribution is 2.41. The summed E-state index contributed by atoms with van der Waals surface area (Å²) in [5.74, 6) is 2.24. The average Bonchev–Trinajstić information content (AvgIpc) is 2.55. The summed E-state index contributed by atoms with van der Waals surface area (Å²) in [4.78, 5) is 0. The van der Waals surface area contributed by atoms with Crippen LogP contribution >= 0.6 is 0 Å². The predicted molar refractivity (Wildman–Crippen MR) is 96.9 cm³/mol. The van der Waals surface area contributed by atoms with Crippen LogP contribution in [0.3, 0.4) is 0 Å². The van der Waals surface area contributed by atoms with Crippen molar-refractivity contribution in [2.24, 2.45) is 11.3 Å². The SMILES string of the molecule is COC(CC(C)(C)C1CCCCC1)Oc1ccc(C(C)C)cc1. The van der Waals surface area contributed by atoms with Crippen LogP contribution in [0, 0.1) is 11.3 Å². The second-order valence-electron chi connectivity index (χ2n) is 8.03. The van der Waals surface area contributed by atoms with Crippen molar-refractivity contribution in [2.45, 2.75) is 78.4 Å². The van der Waals surface area contributed by atoms with Gasteiger partial charge >= 0.3 is 0 Å². The maximum atomic E-state index is 6.10. The second kappa shape index (κ2) is 8.19. The fourth-order valence-corrected chi connectivity index (χ4v) is 3.74. The Morgan fingerprint density at radius 3 is 2.17 bits per heavy atom. The predicted octanol–water partition coefficient (Wildman–Crippen LogP) is 6.16. The third kappa shape index (κ3) is 5.24. The molecule has 1 aromatic rings. The van der Waals surface area contributed by atoms with Gasteiger partial charge in [0.1, 0.15) is 5.75 Å². The third-order valence-corrected chi connectivity index (χ3v) is 5.48. The van der Waals surface area contributed by atoms with Crippen molar-refractivity contribution in [1.29, 1.82) is 0 Å². The molecule has 0 saturated heterocycles. The number of ether oxygens (including phenoxy) is 2. The lowest BCUT2D eigenvalue weighted by atomic mass is 9.69. The van der Waals surface area contributed by atoms with Gasteiger partial charge in [0.2, 0.25) is 0 Å². The Hall–Kier alpha value is -1.02. The van der Waals surface area contributed by atoms with Crippen molar-refractivity contribution in [3.05, 3.63) is 29.8 Å². The summed E-state index contributed by atoms with van der Waals surface area (Å²) in [5, 5.41) is 0. The normalized spacial score (nSPS) is 18.2. The Kier molecular flexibility index (Phi) is 6.52. The van der Waals surface area contributed by atoms with Crippen molar-refractivity contribution in [3.63, 3.8) is 0 Å². The molecule has 2 rings (SSSR count). The van der Waals surface area contributed by atoms with Gasteiger partial charge in [-0.3, -0.25) is 0 Å². The lowest BCUT2D eigenvalue weighted by Gasteiger charge is -2.38. The fourth-order valence-electron chi connectivity index (χ4n) is 3.74. The Morgan fingerprint density at radius 2 is 1.65 bits per heavy atom. The van der Waals surface area contributed by atoms with E-state index in [4.69, 9.17) is 9.47 Å². The molecule has 0 spiro atoms. The molecule has 1 saturated carbocycles. The quantitative estimate of drug-likeness (QED) is 0.561. The molecule has 2 nitrogen and oxygen atoms in total. The van der Waals surface area contributed by atoms with Crippen molar-refractivity contribution in [1.82, 2.24) is 0 Å². The molecule has 1 aliphatic carbocycles. The van der Waals surface area contributed by atoms with Crippen LogP contribution < -0.4 is 4.74 Å². The number of methoxy groups -OCH3 is 1. The molecule has 130 valence electrons. The zero-order valence-corrected chi connectivity index (χ0v) is 15.6. The van der Waals surface area contributed by atoms with E-state index in [1.165, 1.54) is 37.7 Å². The molecule has 0 aromatic heterocycles. The number of rotatable bonds is 7. The number of hydrogen-bond acceptors (Lipinski definition) is 2. The molecular weight excluding hydrogens is 284 g/mol. The molecule has 0 amide bonds. The Labute approximate surface area is 142 Å². The van der Waals surface area contributed by atoms with Crippen molar-refractivity contribution < 1.29 is 9.47 Å². The van der Waals surface area contributed by atoms with Crippen LogP contribution in [0.15, 0.2) is 24.3 Å². The minimum Gasteiger partial charge on any atom is -0.465 e. The first-order valence-electron chi connectivity index (χ1n) is 9.22. The van der Waals surface area contributed by atoms with Gasteiger partial charge in [0.15, 0.2) is 6.29 Å². The van der Waals surface area contributed by atoms with E-state index in [9.17, 15) is 0 Å². The molecule has 0 radical (unpaired) electrons. The molecule has 1 unspecified atom stereocenters. The Bertz CT molecular complexity index is 455. The average molecular weight is 319 g/mol. The summed E-state index contributed by atoms with van der Waals surface area (Å²) >= 11 is 0. The van der Waals surface area contributed by atoms with Crippen LogP contribution in [0.25, 0.3) is 0 Å². The largest absolute Gasteiger partial charge is 0.465 e. The topological polar surface area (TPSA) is 18.5 Å². The minimum atomic E-state index is -0.170. The summed E-state index contributed by atoms with van der Waals surface area (Å²) in [7, 11) is 1.75. The second-order valence-corrected chi connectivity index (χ2v) is 8.03. The van der Waals surface area contributed by atoms with Gasteiger partial charge in [-0.05, 0) is 47.8 Å². The molecule has 23 heavy (non-hydrogen) atoms. The molecule has 1 fully saturated rings. The molecule has 1 aliphatic rings. The van der Waals surface area contributed by atoms with E-state index < -0.39 is 0 Å². The van der Waals surface area contributed by atoms with Crippen molar-refractivity contribution in [2.75, 3.05) is 7.11 Å². The summed E-state index contributed by atoms with van der Waals surface area (Å²) < 4.78 is 11.7. The molecule has 0 bridgehead atoms. The molecule has 2 heteroatoms. The van der Waals surface area contributed by atoms with Crippen molar-refractivity contribution in [3.8, 4) is 5.75 Å². The molecule has 0 heterocycles. The van der Waals surface area contributed by atoms with Crippen LogP contribution in [0.5, 0.6) is 5.75 Å². The standard InChI is InChI=1S/C21H34O2/c1-16(2)17-11-13-19(14-12-17)23-20(22-5)15-21(3,4)18-9-7-6-8-10-18/h11-14,16,18,20H,6-10,15H2,1-5H3. The third-order valence-electron chi connectivity index (χ3n) is 5.48. The molecule has 0 N–H and O–H groups in total. The van der Waals surface area contributed by atoms with Crippen LogP contribution in [-0.2, 0) is 4.74 Å². The maximum Gasteiger partial charge on any atom is 0.200 e. The minimum absolute atomic E-state index is 0.170. The van der Waals surface area contributed by atoms with Gasteiger partial charge in [-0.25, -0.2) is 0 Å². The molecule has 1 aromatic carbocycles. The van der Waals surface area contributed by atoms with Gasteiger partial charge in [-0.15, -0.1) is 0 Å². The van der Waals surface area contributed by atoms with Crippen LogP contribution in [0.2, 0.25) is 0 Å². The van der Waals surface area contributed by atoms with E-state index in [0.717, 1.165) is 18.1 Å². The van der Waals surface area contributed by atoms with E-state index >= 15 is 0 Å². The highest BCUT2D eigenvalue weighted by atomic mass is 16.7. The van der Waals surface area contributed by atoms with E-state index in [1.54, 1.807) is 7.11 Å². The summed E-state index contributed by atoms with van der Waals surface area (Å²) in [6.07, 6.45) is 7.64. The zero-order valence-electron chi connectivity index (χ0n) is 15.6. The van der Waals surface area contributed by atoms with Gasteiger partial charge in [0, 0.05) is 13.5 Å². The van der Waals surface area contributed by atoms with Crippen molar-refractivity contribution >= 4 is 0 Å². The lowest BCUT2D eigenvalue weighted by Crippen LogP contribution is -2.33. The molecule has 0 aliphatic heterocycles. The smallest absolute Gasteiger partial charge is 0.200 e. The molecule has 1 atom stereocenters. The van der Waals surface area contributed by atoms with Gasteiger partial charge < -0.3 is 9.47 Å². The zero-order chi connectivity index (χ0) is 16.9. The van der Waals surface area contributed by atoms with Gasteiger partial charge in [0.05, 0.1) is 0 Å².